The number of likely N-dealkylation sites (tertiary alicyclic amines) is 1. The third kappa shape index (κ3) is 3.07. The van der Waals surface area contributed by atoms with E-state index in [4.69, 9.17) is 11.6 Å². The molecule has 1 atom stereocenters. The van der Waals surface area contributed by atoms with Crippen LogP contribution >= 0.6 is 11.6 Å². The molecule has 0 spiro atoms. The molecule has 3 rings (SSSR count). The highest BCUT2D eigenvalue weighted by atomic mass is 35.5. The van der Waals surface area contributed by atoms with Gasteiger partial charge < -0.3 is 10.2 Å². The third-order valence-electron chi connectivity index (χ3n) is 4.42. The van der Waals surface area contributed by atoms with Gasteiger partial charge in [0, 0.05) is 24.6 Å². The van der Waals surface area contributed by atoms with Crippen LogP contribution in [0.4, 0.5) is 5.82 Å². The average Bonchev–Trinajstić information content (AvgIpc) is 3.19. The molecule has 2 aliphatic rings. The van der Waals surface area contributed by atoms with Gasteiger partial charge >= 0.3 is 0 Å². The van der Waals surface area contributed by atoms with Crippen molar-refractivity contribution in [2.24, 2.45) is 5.92 Å². The van der Waals surface area contributed by atoms with Crippen LogP contribution < -0.4 is 5.32 Å². The Morgan fingerprint density at radius 2 is 2.10 bits per heavy atom. The van der Waals surface area contributed by atoms with Crippen molar-refractivity contribution in [2.45, 2.75) is 39.0 Å². The van der Waals surface area contributed by atoms with Crippen molar-refractivity contribution in [3.63, 3.8) is 0 Å². The highest BCUT2D eigenvalue weighted by Gasteiger charge is 2.28. The minimum absolute atomic E-state index is 0.538. The largest absolute Gasteiger partial charge is 0.369 e. The predicted molar refractivity (Wildman–Crippen MR) is 82.5 cm³/mol. The van der Waals surface area contributed by atoms with Gasteiger partial charge in [0.2, 0.25) is 0 Å². The second-order valence-electron chi connectivity index (χ2n) is 6.05. The van der Waals surface area contributed by atoms with E-state index in [-0.39, 0.29) is 0 Å². The molecule has 0 radical (unpaired) electrons. The zero-order valence-electron chi connectivity index (χ0n) is 12.3. The van der Waals surface area contributed by atoms with Crippen LogP contribution in [0, 0.1) is 12.8 Å². The number of nitrogens with zero attached hydrogens (tertiary/aromatic N) is 3. The summed E-state index contributed by atoms with van der Waals surface area (Å²) in [5.41, 5.74) is 0.974. The Morgan fingerprint density at radius 1 is 1.30 bits per heavy atom. The van der Waals surface area contributed by atoms with E-state index in [0.29, 0.717) is 17.0 Å². The van der Waals surface area contributed by atoms with Crippen molar-refractivity contribution < 1.29 is 0 Å². The highest BCUT2D eigenvalue weighted by Crippen LogP contribution is 2.39. The van der Waals surface area contributed by atoms with Crippen LogP contribution in [0.5, 0.6) is 0 Å². The minimum Gasteiger partial charge on any atom is -0.369 e. The second kappa shape index (κ2) is 5.86. The molecule has 5 heteroatoms. The molecule has 1 aliphatic carbocycles. The Morgan fingerprint density at radius 3 is 2.75 bits per heavy atom. The minimum atomic E-state index is 0.538. The first-order valence-electron chi connectivity index (χ1n) is 7.67. The number of aromatic nitrogens is 2. The SMILES string of the molecule is CCN1CCC(CNc2nc(C3CC3)nc(Cl)c2C)C1. The monoisotopic (exact) mass is 294 g/mol. The van der Waals surface area contributed by atoms with E-state index in [0.717, 1.165) is 30.3 Å². The van der Waals surface area contributed by atoms with Gasteiger partial charge in [0.25, 0.3) is 0 Å². The predicted octanol–water partition coefficient (Wildman–Crippen LogP) is 3.07. The first-order valence-corrected chi connectivity index (χ1v) is 8.05. The summed E-state index contributed by atoms with van der Waals surface area (Å²) in [5, 5.41) is 4.10. The van der Waals surface area contributed by atoms with Crippen molar-refractivity contribution in [2.75, 3.05) is 31.5 Å². The standard InChI is InChI=1S/C15H23ClN4/c1-3-20-7-6-11(9-20)8-17-14-10(2)13(16)18-15(19-14)12-4-5-12/h11-12H,3-9H2,1-2H3,(H,17,18,19). The molecule has 1 aromatic rings. The van der Waals surface area contributed by atoms with Gasteiger partial charge in [0.15, 0.2) is 0 Å². The van der Waals surface area contributed by atoms with Gasteiger partial charge in [0.05, 0.1) is 0 Å². The molecule has 2 heterocycles. The molecule has 0 aromatic carbocycles. The third-order valence-corrected chi connectivity index (χ3v) is 4.79. The first kappa shape index (κ1) is 14.1. The smallest absolute Gasteiger partial charge is 0.137 e. The zero-order chi connectivity index (χ0) is 14.1. The summed E-state index contributed by atoms with van der Waals surface area (Å²) < 4.78 is 0. The van der Waals surface area contributed by atoms with Gasteiger partial charge in [-0.3, -0.25) is 0 Å². The highest BCUT2D eigenvalue weighted by molar-refractivity contribution is 6.30. The van der Waals surface area contributed by atoms with Gasteiger partial charge in [-0.15, -0.1) is 0 Å². The molecule has 1 saturated carbocycles. The van der Waals surface area contributed by atoms with E-state index >= 15 is 0 Å². The number of halogens is 1. The lowest BCUT2D eigenvalue weighted by Crippen LogP contribution is -2.23. The molecule has 20 heavy (non-hydrogen) atoms. The topological polar surface area (TPSA) is 41.0 Å². The number of hydrogen-bond donors (Lipinski definition) is 1. The summed E-state index contributed by atoms with van der Waals surface area (Å²) in [4.78, 5) is 11.6. The maximum atomic E-state index is 6.23. The van der Waals surface area contributed by atoms with Gasteiger partial charge in [-0.25, -0.2) is 9.97 Å². The molecular formula is C15H23ClN4. The Labute approximate surface area is 125 Å². The van der Waals surface area contributed by atoms with Crippen LogP contribution in [-0.2, 0) is 0 Å². The second-order valence-corrected chi connectivity index (χ2v) is 6.41. The summed E-state index contributed by atoms with van der Waals surface area (Å²) >= 11 is 6.23. The lowest BCUT2D eigenvalue weighted by Gasteiger charge is -2.16. The molecule has 110 valence electrons. The summed E-state index contributed by atoms with van der Waals surface area (Å²) in [7, 11) is 0. The average molecular weight is 295 g/mol. The van der Waals surface area contributed by atoms with Gasteiger partial charge in [0.1, 0.15) is 16.8 Å². The Kier molecular flexibility index (Phi) is 4.13. The van der Waals surface area contributed by atoms with E-state index in [1.807, 2.05) is 6.92 Å². The molecule has 2 fully saturated rings. The van der Waals surface area contributed by atoms with Crippen LogP contribution in [0.2, 0.25) is 5.15 Å². The van der Waals surface area contributed by atoms with Crippen LogP contribution in [-0.4, -0.2) is 41.0 Å². The van der Waals surface area contributed by atoms with Crippen LogP contribution in [0.3, 0.4) is 0 Å². The van der Waals surface area contributed by atoms with Crippen molar-refractivity contribution >= 4 is 17.4 Å². The number of nitrogens with one attached hydrogen (secondary N) is 1. The van der Waals surface area contributed by atoms with E-state index < -0.39 is 0 Å². The van der Waals surface area contributed by atoms with Crippen molar-refractivity contribution in [3.8, 4) is 0 Å². The maximum Gasteiger partial charge on any atom is 0.137 e. The Bertz CT molecular complexity index is 487. The molecule has 1 N–H and O–H groups in total. The quantitative estimate of drug-likeness (QED) is 0.848. The molecular weight excluding hydrogens is 272 g/mol. The molecule has 0 amide bonds. The first-order chi connectivity index (χ1) is 9.67. The summed E-state index contributed by atoms with van der Waals surface area (Å²) in [6.45, 7) is 8.77. The molecule has 4 nitrogen and oxygen atoms in total. The zero-order valence-corrected chi connectivity index (χ0v) is 13.1. The fraction of sp³-hybridized carbons (Fsp3) is 0.733. The van der Waals surface area contributed by atoms with E-state index in [2.05, 4.69) is 27.1 Å². The van der Waals surface area contributed by atoms with Crippen molar-refractivity contribution in [1.29, 1.82) is 0 Å². The van der Waals surface area contributed by atoms with Crippen LogP contribution in [0.15, 0.2) is 0 Å². The lowest BCUT2D eigenvalue weighted by atomic mass is 10.1. The number of rotatable bonds is 5. The number of hydrogen-bond acceptors (Lipinski definition) is 4. The van der Waals surface area contributed by atoms with Crippen LogP contribution in [0.1, 0.15) is 43.5 Å². The Hall–Kier alpha value is -0.870. The van der Waals surface area contributed by atoms with Crippen LogP contribution in [0.25, 0.3) is 0 Å². The maximum absolute atomic E-state index is 6.23. The normalized spacial score (nSPS) is 23.2. The fourth-order valence-electron chi connectivity index (χ4n) is 2.81. The van der Waals surface area contributed by atoms with E-state index in [9.17, 15) is 0 Å². The molecule has 1 aliphatic heterocycles. The molecule has 1 saturated heterocycles. The van der Waals surface area contributed by atoms with Gasteiger partial charge in [-0.1, -0.05) is 18.5 Å². The molecule has 1 aromatic heterocycles. The summed E-state index contributed by atoms with van der Waals surface area (Å²) in [6.07, 6.45) is 3.67. The molecule has 0 bridgehead atoms. The van der Waals surface area contributed by atoms with E-state index in [1.54, 1.807) is 0 Å². The fourth-order valence-corrected chi connectivity index (χ4v) is 2.99. The van der Waals surface area contributed by atoms with E-state index in [1.165, 1.54) is 32.4 Å². The summed E-state index contributed by atoms with van der Waals surface area (Å²) in [5.74, 6) is 3.11. The lowest BCUT2D eigenvalue weighted by molar-refractivity contribution is 0.345. The van der Waals surface area contributed by atoms with Gasteiger partial charge in [-0.05, 0) is 45.2 Å². The van der Waals surface area contributed by atoms with Gasteiger partial charge in [-0.2, -0.15) is 0 Å². The number of anilines is 1. The molecule has 1 unspecified atom stereocenters. The van der Waals surface area contributed by atoms with Crippen molar-refractivity contribution in [3.05, 3.63) is 16.5 Å². The van der Waals surface area contributed by atoms with Crippen molar-refractivity contribution in [1.82, 2.24) is 14.9 Å². The summed E-state index contributed by atoms with van der Waals surface area (Å²) in [6, 6.07) is 0. The Balaban J connectivity index is 1.64.